The molecule has 1 amide bonds. The SMILES string of the molecule is COc1cccc(NCC(=O)N/N=C\c2c(C)nn(-c3ccc(F)cc3)c2C)c1. The Hall–Kier alpha value is -3.68. The lowest BCUT2D eigenvalue weighted by molar-refractivity contribution is -0.119. The van der Waals surface area contributed by atoms with Crippen LogP contribution < -0.4 is 15.5 Å². The second-order valence-corrected chi connectivity index (χ2v) is 6.35. The van der Waals surface area contributed by atoms with E-state index in [0.717, 1.165) is 28.3 Å². The molecule has 0 aliphatic carbocycles. The van der Waals surface area contributed by atoms with Crippen molar-refractivity contribution in [1.29, 1.82) is 0 Å². The average molecular weight is 395 g/mol. The Morgan fingerprint density at radius 3 is 2.72 bits per heavy atom. The van der Waals surface area contributed by atoms with E-state index in [4.69, 9.17) is 4.74 Å². The summed E-state index contributed by atoms with van der Waals surface area (Å²) in [5.74, 6) is 0.116. The van der Waals surface area contributed by atoms with E-state index in [1.54, 1.807) is 36.2 Å². The maximum Gasteiger partial charge on any atom is 0.259 e. The molecule has 0 fully saturated rings. The fourth-order valence-corrected chi connectivity index (χ4v) is 2.80. The minimum atomic E-state index is -0.303. The summed E-state index contributed by atoms with van der Waals surface area (Å²) in [6.07, 6.45) is 1.56. The predicted octanol–water partition coefficient (Wildman–Crippen LogP) is 3.20. The van der Waals surface area contributed by atoms with Crippen molar-refractivity contribution in [3.05, 3.63) is 71.3 Å². The summed E-state index contributed by atoms with van der Waals surface area (Å²) in [4.78, 5) is 12.0. The third-order valence-electron chi connectivity index (χ3n) is 4.32. The van der Waals surface area contributed by atoms with Crippen LogP contribution in [0.25, 0.3) is 5.69 Å². The van der Waals surface area contributed by atoms with Gasteiger partial charge in [-0.1, -0.05) is 6.07 Å². The summed E-state index contributed by atoms with van der Waals surface area (Å²) in [5.41, 5.74) is 6.38. The minimum absolute atomic E-state index is 0.0668. The van der Waals surface area contributed by atoms with Gasteiger partial charge in [-0.3, -0.25) is 4.79 Å². The van der Waals surface area contributed by atoms with Crippen molar-refractivity contribution in [3.63, 3.8) is 0 Å². The maximum atomic E-state index is 13.1. The number of ether oxygens (including phenoxy) is 1. The van der Waals surface area contributed by atoms with Gasteiger partial charge in [0.2, 0.25) is 0 Å². The molecule has 0 atom stereocenters. The number of nitrogens with zero attached hydrogens (tertiary/aromatic N) is 3. The molecule has 29 heavy (non-hydrogen) atoms. The molecule has 0 unspecified atom stereocenters. The van der Waals surface area contributed by atoms with Crippen LogP contribution in [0.3, 0.4) is 0 Å². The summed E-state index contributed by atoms with van der Waals surface area (Å²) >= 11 is 0. The lowest BCUT2D eigenvalue weighted by Crippen LogP contribution is -2.25. The van der Waals surface area contributed by atoms with Crippen LogP contribution >= 0.6 is 0 Å². The second-order valence-electron chi connectivity index (χ2n) is 6.35. The zero-order chi connectivity index (χ0) is 20.8. The quantitative estimate of drug-likeness (QED) is 0.476. The van der Waals surface area contributed by atoms with Crippen LogP contribution in [0.15, 0.2) is 53.6 Å². The Kier molecular flexibility index (Phi) is 6.23. The number of methoxy groups -OCH3 is 1. The number of rotatable bonds is 7. The van der Waals surface area contributed by atoms with Gasteiger partial charge in [0.1, 0.15) is 11.6 Å². The van der Waals surface area contributed by atoms with E-state index in [0.29, 0.717) is 5.75 Å². The van der Waals surface area contributed by atoms with Gasteiger partial charge >= 0.3 is 0 Å². The van der Waals surface area contributed by atoms with Crippen molar-refractivity contribution in [1.82, 2.24) is 15.2 Å². The van der Waals surface area contributed by atoms with Gasteiger partial charge in [0.15, 0.2) is 0 Å². The van der Waals surface area contributed by atoms with E-state index in [1.165, 1.54) is 12.1 Å². The van der Waals surface area contributed by atoms with Crippen LogP contribution in [0.5, 0.6) is 5.75 Å². The number of hydrogen-bond donors (Lipinski definition) is 2. The van der Waals surface area contributed by atoms with Crippen molar-refractivity contribution in [3.8, 4) is 11.4 Å². The van der Waals surface area contributed by atoms with Gasteiger partial charge in [-0.05, 0) is 50.2 Å². The van der Waals surface area contributed by atoms with Gasteiger partial charge < -0.3 is 10.1 Å². The topological polar surface area (TPSA) is 80.5 Å². The zero-order valence-corrected chi connectivity index (χ0v) is 16.4. The molecule has 0 aliphatic rings. The summed E-state index contributed by atoms with van der Waals surface area (Å²) in [6.45, 7) is 3.80. The van der Waals surface area contributed by atoms with E-state index >= 15 is 0 Å². The minimum Gasteiger partial charge on any atom is -0.497 e. The number of aryl methyl sites for hydroxylation is 1. The monoisotopic (exact) mass is 395 g/mol. The Morgan fingerprint density at radius 1 is 1.24 bits per heavy atom. The molecule has 3 aromatic rings. The normalized spacial score (nSPS) is 10.9. The number of anilines is 1. The van der Waals surface area contributed by atoms with Gasteiger partial charge in [-0.15, -0.1) is 0 Å². The number of hydrazone groups is 1. The standard InChI is InChI=1S/C21H22FN5O2/c1-14-20(15(2)27(26-14)18-9-7-16(22)8-10-18)12-24-25-21(28)13-23-17-5-4-6-19(11-17)29-3/h4-12,23H,13H2,1-3H3,(H,25,28)/b24-12-. The maximum absolute atomic E-state index is 13.1. The molecular weight excluding hydrogens is 373 g/mol. The van der Waals surface area contributed by atoms with E-state index in [9.17, 15) is 9.18 Å². The van der Waals surface area contributed by atoms with E-state index in [-0.39, 0.29) is 18.3 Å². The van der Waals surface area contributed by atoms with Crippen LogP contribution in [0.4, 0.5) is 10.1 Å². The van der Waals surface area contributed by atoms with Crippen molar-refractivity contribution in [2.24, 2.45) is 5.10 Å². The molecule has 8 heteroatoms. The fourth-order valence-electron chi connectivity index (χ4n) is 2.80. The fraction of sp³-hybridized carbons (Fsp3) is 0.190. The highest BCUT2D eigenvalue weighted by atomic mass is 19.1. The summed E-state index contributed by atoms with van der Waals surface area (Å²) < 4.78 is 20.0. The Labute approximate surface area is 168 Å². The van der Waals surface area contributed by atoms with Gasteiger partial charge in [0, 0.05) is 17.3 Å². The first kappa shape index (κ1) is 20.1. The van der Waals surface area contributed by atoms with Crippen molar-refractivity contribution >= 4 is 17.8 Å². The smallest absolute Gasteiger partial charge is 0.259 e. The van der Waals surface area contributed by atoms with Crippen molar-refractivity contribution in [2.45, 2.75) is 13.8 Å². The van der Waals surface area contributed by atoms with E-state index in [1.807, 2.05) is 32.0 Å². The molecule has 0 saturated carbocycles. The molecule has 0 saturated heterocycles. The van der Waals surface area contributed by atoms with Crippen LogP contribution in [-0.4, -0.2) is 35.6 Å². The molecule has 1 heterocycles. The summed E-state index contributed by atoms with van der Waals surface area (Å²) in [6, 6.07) is 13.4. The van der Waals surface area contributed by atoms with Crippen molar-refractivity contribution < 1.29 is 13.9 Å². The highest BCUT2D eigenvalue weighted by molar-refractivity contribution is 5.86. The highest BCUT2D eigenvalue weighted by Gasteiger charge is 2.11. The molecule has 0 spiro atoms. The van der Waals surface area contributed by atoms with E-state index in [2.05, 4.69) is 20.9 Å². The number of carbonyl (C=O) groups excluding carboxylic acids is 1. The van der Waals surface area contributed by atoms with E-state index < -0.39 is 0 Å². The number of halogens is 1. The third-order valence-corrected chi connectivity index (χ3v) is 4.32. The van der Waals surface area contributed by atoms with Crippen LogP contribution in [0.2, 0.25) is 0 Å². The predicted molar refractivity (Wildman–Crippen MR) is 110 cm³/mol. The number of amides is 1. The molecule has 7 nitrogen and oxygen atoms in total. The lowest BCUT2D eigenvalue weighted by Gasteiger charge is -2.07. The van der Waals surface area contributed by atoms with Gasteiger partial charge in [0.05, 0.1) is 36.9 Å². The first-order valence-corrected chi connectivity index (χ1v) is 9.00. The first-order valence-electron chi connectivity index (χ1n) is 9.00. The average Bonchev–Trinajstić information content (AvgIpc) is 3.01. The zero-order valence-electron chi connectivity index (χ0n) is 16.4. The Morgan fingerprint density at radius 2 is 2.00 bits per heavy atom. The Balaban J connectivity index is 1.61. The largest absolute Gasteiger partial charge is 0.497 e. The van der Waals surface area contributed by atoms with Gasteiger partial charge in [-0.2, -0.15) is 10.2 Å². The first-order chi connectivity index (χ1) is 14.0. The molecule has 0 aliphatic heterocycles. The highest BCUT2D eigenvalue weighted by Crippen LogP contribution is 2.17. The lowest BCUT2D eigenvalue weighted by atomic mass is 10.2. The molecule has 0 radical (unpaired) electrons. The number of aromatic nitrogens is 2. The molecule has 2 aromatic carbocycles. The molecule has 0 bridgehead atoms. The van der Waals surface area contributed by atoms with Crippen LogP contribution in [-0.2, 0) is 4.79 Å². The third kappa shape index (κ3) is 4.98. The van der Waals surface area contributed by atoms with Crippen LogP contribution in [0.1, 0.15) is 17.0 Å². The molecular formula is C21H22FN5O2. The van der Waals surface area contributed by atoms with Crippen LogP contribution in [0, 0.1) is 19.7 Å². The molecule has 150 valence electrons. The number of hydrogen-bond acceptors (Lipinski definition) is 5. The molecule has 3 rings (SSSR count). The van der Waals surface area contributed by atoms with Gasteiger partial charge in [0.25, 0.3) is 5.91 Å². The number of nitrogens with one attached hydrogen (secondary N) is 2. The molecule has 1 aromatic heterocycles. The summed E-state index contributed by atoms with van der Waals surface area (Å²) in [7, 11) is 1.59. The Bertz CT molecular complexity index is 1030. The van der Waals surface area contributed by atoms with Crippen molar-refractivity contribution in [2.75, 3.05) is 19.0 Å². The summed E-state index contributed by atoms with van der Waals surface area (Å²) in [5, 5.41) is 11.5. The second kappa shape index (κ2) is 9.01. The number of benzene rings is 2. The number of carbonyl (C=O) groups is 1. The molecule has 2 N–H and O–H groups in total. The van der Waals surface area contributed by atoms with Gasteiger partial charge in [-0.25, -0.2) is 14.5 Å².